The molecule has 4 heterocycles. The Morgan fingerprint density at radius 3 is 2.68 bits per heavy atom. The fourth-order valence-corrected chi connectivity index (χ4v) is 4.37. The average molecular weight is 342 g/mol. The second-order valence-corrected chi connectivity index (χ2v) is 7.37. The number of fused-ring (bicyclic) bond motifs is 2. The van der Waals surface area contributed by atoms with Crippen molar-refractivity contribution in [3.8, 4) is 0 Å². The first-order chi connectivity index (χ1) is 12.1. The van der Waals surface area contributed by atoms with Crippen LogP contribution in [0.2, 0.25) is 0 Å². The van der Waals surface area contributed by atoms with E-state index in [1.807, 2.05) is 13.8 Å². The lowest BCUT2D eigenvalue weighted by molar-refractivity contribution is -0.131. The summed E-state index contributed by atoms with van der Waals surface area (Å²) in [5.41, 5.74) is 3.09. The molecule has 0 aromatic carbocycles. The second kappa shape index (κ2) is 6.71. The van der Waals surface area contributed by atoms with E-state index < -0.39 is 0 Å². The zero-order valence-corrected chi connectivity index (χ0v) is 15.0. The third-order valence-corrected chi connectivity index (χ3v) is 5.95. The predicted octanol–water partition coefficient (Wildman–Crippen LogP) is 1.13. The Balaban J connectivity index is 1.42. The first-order valence-electron chi connectivity index (χ1n) is 9.28. The van der Waals surface area contributed by atoms with E-state index in [2.05, 4.69) is 25.3 Å². The molecule has 134 valence electrons. The Bertz CT molecular complexity index is 771. The first-order valence-corrected chi connectivity index (χ1v) is 9.28. The summed E-state index contributed by atoms with van der Waals surface area (Å²) < 4.78 is 1.76. The molecule has 1 N–H and O–H groups in total. The number of aryl methyl sites for hydroxylation is 2. The molecule has 7 nitrogen and oxygen atoms in total. The monoisotopic (exact) mass is 342 g/mol. The van der Waals surface area contributed by atoms with Crippen LogP contribution >= 0.6 is 0 Å². The van der Waals surface area contributed by atoms with Crippen molar-refractivity contribution in [2.24, 2.45) is 11.8 Å². The molecule has 2 aliphatic rings. The quantitative estimate of drug-likeness (QED) is 0.905. The highest BCUT2D eigenvalue weighted by Crippen LogP contribution is 2.27. The molecule has 7 heteroatoms. The van der Waals surface area contributed by atoms with Gasteiger partial charge in [-0.1, -0.05) is 0 Å². The van der Waals surface area contributed by atoms with Crippen LogP contribution < -0.4 is 5.32 Å². The number of hydrogen-bond acceptors (Lipinski definition) is 5. The van der Waals surface area contributed by atoms with Crippen molar-refractivity contribution in [3.05, 3.63) is 23.3 Å². The number of carbonyl (C=O) groups is 1. The van der Waals surface area contributed by atoms with Gasteiger partial charge in [0.05, 0.1) is 0 Å². The van der Waals surface area contributed by atoms with Crippen molar-refractivity contribution in [2.45, 2.75) is 39.5 Å². The van der Waals surface area contributed by atoms with Crippen LogP contribution in [0.15, 0.2) is 6.33 Å². The predicted molar refractivity (Wildman–Crippen MR) is 94.2 cm³/mol. The van der Waals surface area contributed by atoms with Gasteiger partial charge in [-0.3, -0.25) is 4.79 Å². The van der Waals surface area contributed by atoms with Gasteiger partial charge in [0.2, 0.25) is 5.91 Å². The van der Waals surface area contributed by atoms with Crippen molar-refractivity contribution < 1.29 is 4.79 Å². The number of rotatable bonds is 3. The van der Waals surface area contributed by atoms with E-state index in [-0.39, 0.29) is 5.91 Å². The molecule has 0 bridgehead atoms. The third kappa shape index (κ3) is 3.13. The summed E-state index contributed by atoms with van der Waals surface area (Å²) in [6.45, 7) is 8.06. The highest BCUT2D eigenvalue weighted by Gasteiger charge is 2.31. The zero-order chi connectivity index (χ0) is 17.4. The Morgan fingerprint density at radius 1 is 1.24 bits per heavy atom. The number of aromatic nitrogens is 4. The molecule has 4 rings (SSSR count). The van der Waals surface area contributed by atoms with Crippen LogP contribution in [-0.2, 0) is 11.2 Å². The highest BCUT2D eigenvalue weighted by atomic mass is 16.2. The van der Waals surface area contributed by atoms with Crippen LogP contribution in [0.1, 0.15) is 36.2 Å². The molecule has 2 aromatic heterocycles. The zero-order valence-electron chi connectivity index (χ0n) is 15.0. The van der Waals surface area contributed by atoms with Gasteiger partial charge in [0.1, 0.15) is 6.33 Å². The summed E-state index contributed by atoms with van der Waals surface area (Å²) in [4.78, 5) is 23.5. The molecule has 1 amide bonds. The molecule has 0 spiro atoms. The molecule has 2 aliphatic heterocycles. The van der Waals surface area contributed by atoms with Crippen molar-refractivity contribution in [1.82, 2.24) is 29.8 Å². The second-order valence-electron chi connectivity index (χ2n) is 7.37. The van der Waals surface area contributed by atoms with Gasteiger partial charge in [-0.05, 0) is 63.6 Å². The fraction of sp³-hybridized carbons (Fsp3) is 0.667. The maximum absolute atomic E-state index is 12.7. The maximum Gasteiger partial charge on any atom is 0.252 e. The smallest absolute Gasteiger partial charge is 0.252 e. The summed E-state index contributed by atoms with van der Waals surface area (Å²) in [5.74, 6) is 2.39. The first kappa shape index (κ1) is 16.4. The lowest BCUT2D eigenvalue weighted by atomic mass is 9.92. The molecule has 25 heavy (non-hydrogen) atoms. The third-order valence-electron chi connectivity index (χ3n) is 5.95. The van der Waals surface area contributed by atoms with Crippen LogP contribution in [0.4, 0.5) is 0 Å². The summed E-state index contributed by atoms with van der Waals surface area (Å²) in [6, 6.07) is 0. The van der Waals surface area contributed by atoms with Gasteiger partial charge in [-0.15, -0.1) is 0 Å². The Kier molecular flexibility index (Phi) is 4.41. The van der Waals surface area contributed by atoms with Crippen molar-refractivity contribution >= 4 is 11.7 Å². The van der Waals surface area contributed by atoms with Crippen LogP contribution in [0.3, 0.4) is 0 Å². The lowest BCUT2D eigenvalue weighted by Crippen LogP contribution is -2.33. The van der Waals surface area contributed by atoms with E-state index in [0.29, 0.717) is 18.6 Å². The molecule has 2 aromatic rings. The maximum atomic E-state index is 12.7. The van der Waals surface area contributed by atoms with Crippen LogP contribution in [-0.4, -0.2) is 56.6 Å². The molecule has 0 radical (unpaired) electrons. The Hall–Kier alpha value is -2.02. The van der Waals surface area contributed by atoms with Gasteiger partial charge < -0.3 is 10.2 Å². The molecule has 0 unspecified atom stereocenters. The van der Waals surface area contributed by atoms with E-state index in [0.717, 1.165) is 67.8 Å². The summed E-state index contributed by atoms with van der Waals surface area (Å²) in [5, 5.41) is 7.71. The number of carbonyl (C=O) groups excluding carboxylic acids is 1. The SMILES string of the molecule is Cc1nc2ncnn2c(C)c1CCC(=O)N1CC[C@@H]2CNC[C@@H]2CC1. The summed E-state index contributed by atoms with van der Waals surface area (Å²) in [6.07, 6.45) is 5.04. The Morgan fingerprint density at radius 2 is 1.96 bits per heavy atom. The van der Waals surface area contributed by atoms with Crippen molar-refractivity contribution in [3.63, 3.8) is 0 Å². The molecular formula is C18H26N6O. The lowest BCUT2D eigenvalue weighted by Gasteiger charge is -2.21. The van der Waals surface area contributed by atoms with E-state index in [9.17, 15) is 4.79 Å². The molecule has 2 fully saturated rings. The summed E-state index contributed by atoms with van der Waals surface area (Å²) >= 11 is 0. The van der Waals surface area contributed by atoms with Gasteiger partial charge in [-0.2, -0.15) is 10.1 Å². The number of nitrogens with one attached hydrogen (secondary N) is 1. The van der Waals surface area contributed by atoms with Gasteiger partial charge in [0, 0.05) is 30.9 Å². The minimum absolute atomic E-state index is 0.269. The minimum Gasteiger partial charge on any atom is -0.343 e. The van der Waals surface area contributed by atoms with Crippen molar-refractivity contribution in [1.29, 1.82) is 0 Å². The van der Waals surface area contributed by atoms with E-state index >= 15 is 0 Å². The minimum atomic E-state index is 0.269. The number of nitrogens with zero attached hydrogens (tertiary/aromatic N) is 5. The van der Waals surface area contributed by atoms with Gasteiger partial charge in [0.15, 0.2) is 0 Å². The molecule has 2 saturated heterocycles. The number of hydrogen-bond donors (Lipinski definition) is 1. The van der Waals surface area contributed by atoms with E-state index in [4.69, 9.17) is 0 Å². The van der Waals surface area contributed by atoms with E-state index in [1.165, 1.54) is 6.33 Å². The highest BCUT2D eigenvalue weighted by molar-refractivity contribution is 5.76. The standard InChI is InChI=1S/C18H26N6O/c1-12-16(13(2)24-18(22-12)20-11-21-24)3-4-17(25)23-7-5-14-9-19-10-15(14)6-8-23/h11,14-15,19H,3-10H2,1-2H3/t14-,15+. The van der Waals surface area contributed by atoms with Crippen molar-refractivity contribution in [2.75, 3.05) is 26.2 Å². The van der Waals surface area contributed by atoms with Gasteiger partial charge >= 0.3 is 0 Å². The molecule has 2 atom stereocenters. The van der Waals surface area contributed by atoms with Crippen LogP contribution in [0.25, 0.3) is 5.78 Å². The normalized spacial score (nSPS) is 23.7. The number of amides is 1. The Labute approximate surface area is 147 Å². The van der Waals surface area contributed by atoms with Crippen LogP contribution in [0.5, 0.6) is 0 Å². The summed E-state index contributed by atoms with van der Waals surface area (Å²) in [7, 11) is 0. The topological polar surface area (TPSA) is 75.4 Å². The van der Waals surface area contributed by atoms with E-state index in [1.54, 1.807) is 4.52 Å². The fourth-order valence-electron chi connectivity index (χ4n) is 4.37. The van der Waals surface area contributed by atoms with Gasteiger partial charge in [0.25, 0.3) is 5.78 Å². The van der Waals surface area contributed by atoms with Crippen LogP contribution in [0, 0.1) is 25.7 Å². The average Bonchev–Trinajstić information content (AvgIpc) is 3.20. The van der Waals surface area contributed by atoms with Gasteiger partial charge in [-0.25, -0.2) is 9.50 Å². The number of likely N-dealkylation sites (tertiary alicyclic amines) is 1. The molecular weight excluding hydrogens is 316 g/mol. The molecule has 0 aliphatic carbocycles. The molecule has 0 saturated carbocycles. The largest absolute Gasteiger partial charge is 0.343 e.